The van der Waals surface area contributed by atoms with Crippen molar-refractivity contribution in [3.05, 3.63) is 12.5 Å². The molecule has 1 aromatic rings. The molecule has 0 aliphatic carbocycles. The van der Waals surface area contributed by atoms with Crippen molar-refractivity contribution in [2.45, 2.75) is 13.8 Å². The van der Waals surface area contributed by atoms with Gasteiger partial charge in [0.05, 0.1) is 18.4 Å². The van der Waals surface area contributed by atoms with Gasteiger partial charge in [0.2, 0.25) is 5.91 Å². The smallest absolute Gasteiger partial charge is 0.239 e. The molecule has 0 atom stereocenters. The van der Waals surface area contributed by atoms with E-state index in [2.05, 4.69) is 20.6 Å². The van der Waals surface area contributed by atoms with Crippen molar-refractivity contribution >= 4 is 17.4 Å². The van der Waals surface area contributed by atoms with Crippen molar-refractivity contribution in [2.75, 3.05) is 24.1 Å². The van der Waals surface area contributed by atoms with Gasteiger partial charge >= 0.3 is 0 Å². The summed E-state index contributed by atoms with van der Waals surface area (Å²) in [6.07, 6.45) is 2.87. The van der Waals surface area contributed by atoms with E-state index in [0.717, 1.165) is 0 Å². The van der Waals surface area contributed by atoms with E-state index in [-0.39, 0.29) is 12.5 Å². The maximum absolute atomic E-state index is 11.4. The summed E-state index contributed by atoms with van der Waals surface area (Å²) in [7, 11) is 0. The molecule has 1 heterocycles. The highest BCUT2D eigenvalue weighted by atomic mass is 16.1. The average Bonchev–Trinajstić information content (AvgIpc) is 2.25. The standard InChI is InChI=1S/C10H17N5O/c1-7(2)3-13-9(16)5-14-10-8(11)4-12-6-15-10/h4,6-7H,3,5,11H2,1-2H3,(H,13,16)(H,12,14,15). The second kappa shape index (κ2) is 5.89. The molecule has 4 N–H and O–H groups in total. The molecule has 16 heavy (non-hydrogen) atoms. The molecule has 0 unspecified atom stereocenters. The monoisotopic (exact) mass is 223 g/mol. The lowest BCUT2D eigenvalue weighted by Gasteiger charge is -2.09. The SMILES string of the molecule is CC(C)CNC(=O)CNc1ncncc1N. The third-order valence-corrected chi connectivity index (χ3v) is 1.86. The Labute approximate surface area is 94.7 Å². The van der Waals surface area contributed by atoms with Crippen LogP contribution in [0.2, 0.25) is 0 Å². The first-order valence-electron chi connectivity index (χ1n) is 5.15. The maximum atomic E-state index is 11.4. The molecule has 1 amide bonds. The summed E-state index contributed by atoms with van der Waals surface area (Å²) in [5.74, 6) is 0.842. The zero-order chi connectivity index (χ0) is 12.0. The molecule has 6 heteroatoms. The van der Waals surface area contributed by atoms with Crippen molar-refractivity contribution in [3.8, 4) is 0 Å². The van der Waals surface area contributed by atoms with Gasteiger partial charge < -0.3 is 16.4 Å². The van der Waals surface area contributed by atoms with Crippen molar-refractivity contribution in [1.29, 1.82) is 0 Å². The normalized spacial score (nSPS) is 10.2. The van der Waals surface area contributed by atoms with E-state index >= 15 is 0 Å². The van der Waals surface area contributed by atoms with E-state index in [1.165, 1.54) is 12.5 Å². The van der Waals surface area contributed by atoms with E-state index in [1.807, 2.05) is 13.8 Å². The Kier molecular flexibility index (Phi) is 4.50. The summed E-state index contributed by atoms with van der Waals surface area (Å²) < 4.78 is 0. The fraction of sp³-hybridized carbons (Fsp3) is 0.500. The van der Waals surface area contributed by atoms with Crippen LogP contribution in [0.4, 0.5) is 11.5 Å². The van der Waals surface area contributed by atoms with Gasteiger partial charge in [-0.15, -0.1) is 0 Å². The lowest BCUT2D eigenvalue weighted by molar-refractivity contribution is -0.119. The second-order valence-electron chi connectivity index (χ2n) is 3.88. The number of nitrogens with zero attached hydrogens (tertiary/aromatic N) is 2. The Morgan fingerprint density at radius 2 is 2.31 bits per heavy atom. The third kappa shape index (κ3) is 4.12. The summed E-state index contributed by atoms with van der Waals surface area (Å²) in [5.41, 5.74) is 6.04. The minimum Gasteiger partial charge on any atom is -0.394 e. The van der Waals surface area contributed by atoms with Crippen molar-refractivity contribution in [3.63, 3.8) is 0 Å². The topological polar surface area (TPSA) is 92.9 Å². The molecule has 0 saturated carbocycles. The number of nitrogens with two attached hydrogens (primary N) is 1. The van der Waals surface area contributed by atoms with Crippen LogP contribution in [-0.2, 0) is 4.79 Å². The van der Waals surface area contributed by atoms with Crippen LogP contribution in [0.3, 0.4) is 0 Å². The van der Waals surface area contributed by atoms with Gasteiger partial charge in [-0.1, -0.05) is 13.8 Å². The molecule has 0 aromatic carbocycles. The van der Waals surface area contributed by atoms with E-state index in [9.17, 15) is 4.79 Å². The molecular formula is C10H17N5O. The van der Waals surface area contributed by atoms with Gasteiger partial charge in [0.1, 0.15) is 6.33 Å². The number of hydrogen-bond acceptors (Lipinski definition) is 5. The highest BCUT2D eigenvalue weighted by Crippen LogP contribution is 2.10. The van der Waals surface area contributed by atoms with Gasteiger partial charge in [0.25, 0.3) is 0 Å². The molecule has 0 aliphatic heterocycles. The highest BCUT2D eigenvalue weighted by Gasteiger charge is 2.04. The number of hydrogen-bond donors (Lipinski definition) is 3. The van der Waals surface area contributed by atoms with Gasteiger partial charge in [-0.2, -0.15) is 0 Å². The van der Waals surface area contributed by atoms with Crippen LogP contribution in [0, 0.1) is 5.92 Å². The summed E-state index contributed by atoms with van der Waals surface area (Å²) in [4.78, 5) is 19.0. The number of carbonyl (C=O) groups is 1. The van der Waals surface area contributed by atoms with Crippen LogP contribution in [0.15, 0.2) is 12.5 Å². The van der Waals surface area contributed by atoms with Crippen molar-refractivity contribution in [1.82, 2.24) is 15.3 Å². The van der Waals surface area contributed by atoms with Crippen LogP contribution >= 0.6 is 0 Å². The average molecular weight is 223 g/mol. The zero-order valence-corrected chi connectivity index (χ0v) is 9.53. The summed E-state index contributed by atoms with van der Waals surface area (Å²) in [5, 5.41) is 5.63. The fourth-order valence-electron chi connectivity index (χ4n) is 1.03. The Balaban J connectivity index is 2.35. The molecule has 0 radical (unpaired) electrons. The molecule has 0 saturated heterocycles. The first-order valence-corrected chi connectivity index (χ1v) is 5.15. The Hall–Kier alpha value is -1.85. The van der Waals surface area contributed by atoms with Gasteiger partial charge in [-0.3, -0.25) is 4.79 Å². The summed E-state index contributed by atoms with van der Waals surface area (Å²) in [6, 6.07) is 0. The Morgan fingerprint density at radius 1 is 1.56 bits per heavy atom. The van der Waals surface area contributed by atoms with Gasteiger partial charge in [-0.05, 0) is 5.92 Å². The third-order valence-electron chi connectivity index (χ3n) is 1.86. The lowest BCUT2D eigenvalue weighted by Crippen LogP contribution is -2.32. The predicted octanol–water partition coefficient (Wildman–Crippen LogP) is 0.243. The molecule has 1 rings (SSSR count). The molecule has 6 nitrogen and oxygen atoms in total. The molecule has 1 aromatic heterocycles. The Bertz CT molecular complexity index is 353. The molecule has 0 fully saturated rings. The molecule has 88 valence electrons. The Morgan fingerprint density at radius 3 is 2.94 bits per heavy atom. The van der Waals surface area contributed by atoms with Crippen LogP contribution in [0.25, 0.3) is 0 Å². The van der Waals surface area contributed by atoms with Gasteiger partial charge in [0, 0.05) is 6.54 Å². The number of rotatable bonds is 5. The number of carbonyl (C=O) groups excluding carboxylic acids is 1. The highest BCUT2D eigenvalue weighted by molar-refractivity contribution is 5.81. The number of amides is 1. The van der Waals surface area contributed by atoms with E-state index in [0.29, 0.717) is 24.0 Å². The predicted molar refractivity (Wildman–Crippen MR) is 62.8 cm³/mol. The van der Waals surface area contributed by atoms with Crippen LogP contribution in [0.5, 0.6) is 0 Å². The van der Waals surface area contributed by atoms with E-state index in [1.54, 1.807) is 0 Å². The minimum atomic E-state index is -0.0771. The second-order valence-corrected chi connectivity index (χ2v) is 3.88. The lowest BCUT2D eigenvalue weighted by atomic mass is 10.2. The summed E-state index contributed by atoms with van der Waals surface area (Å²) >= 11 is 0. The first-order chi connectivity index (χ1) is 7.59. The fourth-order valence-corrected chi connectivity index (χ4v) is 1.03. The largest absolute Gasteiger partial charge is 0.394 e. The quantitative estimate of drug-likeness (QED) is 0.665. The van der Waals surface area contributed by atoms with Crippen molar-refractivity contribution < 1.29 is 4.79 Å². The maximum Gasteiger partial charge on any atom is 0.239 e. The molecule has 0 aliphatic rings. The van der Waals surface area contributed by atoms with E-state index < -0.39 is 0 Å². The van der Waals surface area contributed by atoms with Crippen LogP contribution in [0.1, 0.15) is 13.8 Å². The first kappa shape index (κ1) is 12.2. The summed E-state index contributed by atoms with van der Waals surface area (Å²) in [6.45, 7) is 4.90. The minimum absolute atomic E-state index is 0.0771. The number of nitrogen functional groups attached to an aromatic ring is 1. The van der Waals surface area contributed by atoms with Crippen LogP contribution in [-0.4, -0.2) is 29.0 Å². The van der Waals surface area contributed by atoms with Gasteiger partial charge in [0.15, 0.2) is 5.82 Å². The number of nitrogens with one attached hydrogen (secondary N) is 2. The van der Waals surface area contributed by atoms with Crippen molar-refractivity contribution in [2.24, 2.45) is 5.92 Å². The molecular weight excluding hydrogens is 206 g/mol. The number of aromatic nitrogens is 2. The van der Waals surface area contributed by atoms with Crippen LogP contribution < -0.4 is 16.4 Å². The zero-order valence-electron chi connectivity index (χ0n) is 9.53. The van der Waals surface area contributed by atoms with E-state index in [4.69, 9.17) is 5.73 Å². The molecule has 0 spiro atoms. The molecule has 0 bridgehead atoms. The van der Waals surface area contributed by atoms with Gasteiger partial charge in [-0.25, -0.2) is 9.97 Å². The number of anilines is 2.